The minimum Gasteiger partial charge on any atom is -0.494 e. The number of hydrogen-bond acceptors (Lipinski definition) is 7. The number of anilines is 2. The predicted octanol–water partition coefficient (Wildman–Crippen LogP) is 1.64. The molecule has 0 aliphatic heterocycles. The van der Waals surface area contributed by atoms with Gasteiger partial charge in [-0.3, -0.25) is 0 Å². The molecular formula is C16H20N6O. The molecule has 0 fully saturated rings. The van der Waals surface area contributed by atoms with Gasteiger partial charge in [0.25, 0.3) is 0 Å². The molecule has 0 bridgehead atoms. The molecule has 0 radical (unpaired) electrons. The van der Waals surface area contributed by atoms with Crippen molar-refractivity contribution in [2.24, 2.45) is 0 Å². The molecule has 0 amide bonds. The SMILES string of the molecule is CCOc1ccc(-c2nc(N)nc(N)c2C#N)cc1CN(C)C. The van der Waals surface area contributed by atoms with Gasteiger partial charge in [-0.1, -0.05) is 0 Å². The summed E-state index contributed by atoms with van der Waals surface area (Å²) in [5, 5.41) is 9.32. The zero-order valence-corrected chi connectivity index (χ0v) is 13.5. The Morgan fingerprint density at radius 3 is 2.61 bits per heavy atom. The third-order valence-corrected chi connectivity index (χ3v) is 3.19. The van der Waals surface area contributed by atoms with Gasteiger partial charge in [0, 0.05) is 17.7 Å². The van der Waals surface area contributed by atoms with Gasteiger partial charge in [0.2, 0.25) is 5.95 Å². The van der Waals surface area contributed by atoms with Crippen molar-refractivity contribution in [1.82, 2.24) is 14.9 Å². The van der Waals surface area contributed by atoms with Gasteiger partial charge in [-0.2, -0.15) is 10.2 Å². The summed E-state index contributed by atoms with van der Waals surface area (Å²) in [4.78, 5) is 10.1. The van der Waals surface area contributed by atoms with Crippen LogP contribution in [0.5, 0.6) is 5.75 Å². The van der Waals surface area contributed by atoms with Gasteiger partial charge in [-0.25, -0.2) is 4.98 Å². The van der Waals surface area contributed by atoms with Crippen molar-refractivity contribution in [3.63, 3.8) is 0 Å². The van der Waals surface area contributed by atoms with E-state index in [1.165, 1.54) is 0 Å². The average molecular weight is 312 g/mol. The lowest BCUT2D eigenvalue weighted by molar-refractivity contribution is 0.325. The molecular weight excluding hydrogens is 292 g/mol. The van der Waals surface area contributed by atoms with Crippen LogP contribution in [0.1, 0.15) is 18.1 Å². The largest absolute Gasteiger partial charge is 0.494 e. The lowest BCUT2D eigenvalue weighted by Crippen LogP contribution is -2.12. The normalized spacial score (nSPS) is 10.6. The predicted molar refractivity (Wildman–Crippen MR) is 89.6 cm³/mol. The van der Waals surface area contributed by atoms with Crippen molar-refractivity contribution >= 4 is 11.8 Å². The van der Waals surface area contributed by atoms with Crippen molar-refractivity contribution in [3.05, 3.63) is 29.3 Å². The molecule has 0 aliphatic carbocycles. The molecule has 7 heteroatoms. The maximum atomic E-state index is 9.32. The second kappa shape index (κ2) is 6.94. The van der Waals surface area contributed by atoms with Crippen molar-refractivity contribution < 1.29 is 4.74 Å². The number of aromatic nitrogens is 2. The van der Waals surface area contributed by atoms with E-state index < -0.39 is 0 Å². The van der Waals surface area contributed by atoms with E-state index in [9.17, 15) is 5.26 Å². The summed E-state index contributed by atoms with van der Waals surface area (Å²) in [6.45, 7) is 3.21. The van der Waals surface area contributed by atoms with Crippen LogP contribution >= 0.6 is 0 Å². The average Bonchev–Trinajstić information content (AvgIpc) is 2.48. The first-order valence-electron chi connectivity index (χ1n) is 7.20. The Hall–Kier alpha value is -2.85. The van der Waals surface area contributed by atoms with E-state index in [0.717, 1.165) is 16.9 Å². The van der Waals surface area contributed by atoms with Crippen LogP contribution in [0.2, 0.25) is 0 Å². The Morgan fingerprint density at radius 1 is 1.26 bits per heavy atom. The summed E-state index contributed by atoms with van der Waals surface area (Å²) in [5.74, 6) is 0.927. The molecule has 1 heterocycles. The quantitative estimate of drug-likeness (QED) is 0.862. The molecule has 0 atom stereocenters. The minimum absolute atomic E-state index is 0.0412. The Labute approximate surface area is 135 Å². The molecule has 4 N–H and O–H groups in total. The number of nitrogens with zero attached hydrogens (tertiary/aromatic N) is 4. The summed E-state index contributed by atoms with van der Waals surface area (Å²) >= 11 is 0. The second-order valence-corrected chi connectivity index (χ2v) is 5.30. The zero-order chi connectivity index (χ0) is 17.0. The smallest absolute Gasteiger partial charge is 0.222 e. The molecule has 1 aromatic carbocycles. The first-order chi connectivity index (χ1) is 11.0. The zero-order valence-electron chi connectivity index (χ0n) is 13.5. The molecule has 0 saturated heterocycles. The fourth-order valence-corrected chi connectivity index (χ4v) is 2.30. The number of benzene rings is 1. The van der Waals surface area contributed by atoms with Gasteiger partial charge in [0.15, 0.2) is 0 Å². The summed E-state index contributed by atoms with van der Waals surface area (Å²) in [6, 6.07) is 7.69. The van der Waals surface area contributed by atoms with Crippen LogP contribution in [0.4, 0.5) is 11.8 Å². The Kier molecular flexibility index (Phi) is 4.98. The summed E-state index contributed by atoms with van der Waals surface area (Å²) in [5.41, 5.74) is 13.9. The first kappa shape index (κ1) is 16.5. The standard InChI is InChI=1S/C16H20N6O/c1-4-23-13-6-5-10(7-11(13)9-22(2)3)14-12(8-17)15(18)21-16(19)20-14/h5-7H,4,9H2,1-3H3,(H4,18,19,20,21). The maximum Gasteiger partial charge on any atom is 0.222 e. The van der Waals surface area contributed by atoms with Crippen LogP contribution in [0.3, 0.4) is 0 Å². The number of ether oxygens (including phenoxy) is 1. The molecule has 23 heavy (non-hydrogen) atoms. The van der Waals surface area contributed by atoms with Gasteiger partial charge in [0.05, 0.1) is 12.3 Å². The van der Waals surface area contributed by atoms with Gasteiger partial charge in [-0.15, -0.1) is 0 Å². The third kappa shape index (κ3) is 3.67. The molecule has 7 nitrogen and oxygen atoms in total. The van der Waals surface area contributed by atoms with Crippen molar-refractivity contribution in [3.8, 4) is 23.1 Å². The molecule has 1 aromatic heterocycles. The number of nitrogen functional groups attached to an aromatic ring is 2. The third-order valence-electron chi connectivity index (χ3n) is 3.19. The van der Waals surface area contributed by atoms with Crippen LogP contribution < -0.4 is 16.2 Å². The summed E-state index contributed by atoms with van der Waals surface area (Å²) < 4.78 is 5.66. The molecule has 0 saturated carbocycles. The maximum absolute atomic E-state index is 9.32. The van der Waals surface area contributed by atoms with Gasteiger partial charge in [0.1, 0.15) is 23.2 Å². The number of nitrogens with two attached hydrogens (primary N) is 2. The van der Waals surface area contributed by atoms with Crippen molar-refractivity contribution in [2.75, 3.05) is 32.2 Å². The molecule has 0 unspecified atom stereocenters. The Morgan fingerprint density at radius 2 is 2.00 bits per heavy atom. The highest BCUT2D eigenvalue weighted by Gasteiger charge is 2.15. The second-order valence-electron chi connectivity index (χ2n) is 5.30. The van der Waals surface area contributed by atoms with Crippen LogP contribution in [-0.2, 0) is 6.54 Å². The highest BCUT2D eigenvalue weighted by molar-refractivity contribution is 5.74. The minimum atomic E-state index is 0.0412. The van der Waals surface area contributed by atoms with Crippen LogP contribution in [0, 0.1) is 11.3 Å². The van der Waals surface area contributed by atoms with E-state index >= 15 is 0 Å². The highest BCUT2D eigenvalue weighted by atomic mass is 16.5. The fraction of sp³-hybridized carbons (Fsp3) is 0.312. The lowest BCUT2D eigenvalue weighted by Gasteiger charge is -2.16. The van der Waals surface area contributed by atoms with Gasteiger partial charge >= 0.3 is 0 Å². The van der Waals surface area contributed by atoms with Gasteiger partial charge in [-0.05, 0) is 39.2 Å². The van der Waals surface area contributed by atoms with Crippen molar-refractivity contribution in [1.29, 1.82) is 5.26 Å². The first-order valence-corrected chi connectivity index (χ1v) is 7.20. The molecule has 2 aromatic rings. The Balaban J connectivity index is 2.59. The number of nitriles is 1. The van der Waals surface area contributed by atoms with Gasteiger partial charge < -0.3 is 21.1 Å². The highest BCUT2D eigenvalue weighted by Crippen LogP contribution is 2.30. The van der Waals surface area contributed by atoms with E-state index in [0.29, 0.717) is 18.8 Å². The van der Waals surface area contributed by atoms with Crippen LogP contribution in [-0.4, -0.2) is 35.6 Å². The lowest BCUT2D eigenvalue weighted by atomic mass is 10.0. The van der Waals surface area contributed by atoms with Crippen LogP contribution in [0.15, 0.2) is 18.2 Å². The number of rotatable bonds is 5. The van der Waals surface area contributed by atoms with Crippen molar-refractivity contribution in [2.45, 2.75) is 13.5 Å². The molecule has 0 aliphatic rings. The summed E-state index contributed by atoms with van der Waals surface area (Å²) in [7, 11) is 3.95. The van der Waals surface area contributed by atoms with Crippen LogP contribution in [0.25, 0.3) is 11.3 Å². The monoisotopic (exact) mass is 312 g/mol. The topological polar surface area (TPSA) is 114 Å². The molecule has 0 spiro atoms. The van der Waals surface area contributed by atoms with E-state index in [4.69, 9.17) is 16.2 Å². The van der Waals surface area contributed by atoms with E-state index in [1.54, 1.807) is 0 Å². The van der Waals surface area contributed by atoms with E-state index in [2.05, 4.69) is 9.97 Å². The van der Waals surface area contributed by atoms with E-state index in [-0.39, 0.29) is 17.3 Å². The number of hydrogen-bond donors (Lipinski definition) is 2. The van der Waals surface area contributed by atoms with E-state index in [1.807, 2.05) is 50.2 Å². The summed E-state index contributed by atoms with van der Waals surface area (Å²) in [6.07, 6.45) is 0. The Bertz CT molecular complexity index is 751. The fourth-order valence-electron chi connectivity index (χ4n) is 2.30. The molecule has 2 rings (SSSR count). The molecule has 120 valence electrons.